The molecule has 1 heteroatoms. The quantitative estimate of drug-likeness (QED) is 0.731. The van der Waals surface area contributed by atoms with E-state index >= 15 is 0 Å². The minimum Gasteiger partial charge on any atom is -0.299 e. The lowest BCUT2D eigenvalue weighted by molar-refractivity contribution is -0.123. The Hall–Kier alpha value is -1.11. The van der Waals surface area contributed by atoms with Crippen molar-refractivity contribution in [1.29, 1.82) is 0 Å². The summed E-state index contributed by atoms with van der Waals surface area (Å²) in [6.45, 7) is 4.00. The second-order valence-electron chi connectivity index (χ2n) is 4.78. The third kappa shape index (κ3) is 2.28. The average molecular weight is 202 g/mol. The van der Waals surface area contributed by atoms with Crippen molar-refractivity contribution in [2.24, 2.45) is 11.8 Å². The summed E-state index contributed by atoms with van der Waals surface area (Å²) < 4.78 is 0. The van der Waals surface area contributed by atoms with Crippen LogP contribution in [-0.2, 0) is 4.79 Å². The van der Waals surface area contributed by atoms with Crippen molar-refractivity contribution in [3.05, 3.63) is 35.9 Å². The first-order valence-electron chi connectivity index (χ1n) is 5.79. The summed E-state index contributed by atoms with van der Waals surface area (Å²) in [5.41, 5.74) is 1.21. The van der Waals surface area contributed by atoms with Crippen LogP contribution in [-0.4, -0.2) is 5.78 Å². The van der Waals surface area contributed by atoms with Gasteiger partial charge in [-0.3, -0.25) is 4.79 Å². The Morgan fingerprint density at radius 1 is 1.20 bits per heavy atom. The van der Waals surface area contributed by atoms with Crippen LogP contribution in [0.3, 0.4) is 0 Å². The second kappa shape index (κ2) is 4.18. The highest BCUT2D eigenvalue weighted by Crippen LogP contribution is 2.44. The van der Waals surface area contributed by atoms with Gasteiger partial charge in [-0.1, -0.05) is 44.2 Å². The van der Waals surface area contributed by atoms with Gasteiger partial charge in [0, 0.05) is 11.8 Å². The van der Waals surface area contributed by atoms with Gasteiger partial charge in [-0.25, -0.2) is 0 Å². The van der Waals surface area contributed by atoms with E-state index in [2.05, 4.69) is 12.1 Å². The van der Waals surface area contributed by atoms with Crippen molar-refractivity contribution in [3.63, 3.8) is 0 Å². The molecule has 1 aliphatic carbocycles. The van der Waals surface area contributed by atoms with E-state index in [0.717, 1.165) is 0 Å². The summed E-state index contributed by atoms with van der Waals surface area (Å²) >= 11 is 0. The van der Waals surface area contributed by atoms with Crippen LogP contribution in [0, 0.1) is 11.8 Å². The fourth-order valence-electron chi connectivity index (χ4n) is 2.12. The number of carbonyl (C=O) groups excluding carboxylic acids is 1. The lowest BCUT2D eigenvalue weighted by atomic mass is 9.85. The maximum absolute atomic E-state index is 12.1. The fraction of sp³-hybridized carbons (Fsp3) is 0.500. The van der Waals surface area contributed by atoms with E-state index in [1.54, 1.807) is 0 Å². The lowest BCUT2D eigenvalue weighted by Gasteiger charge is -2.17. The molecular formula is C14H18O. The number of benzene rings is 1. The summed E-state index contributed by atoms with van der Waals surface area (Å²) in [6.07, 6.45) is 2.44. The average Bonchev–Trinajstić information content (AvgIpc) is 3.04. The molecule has 0 N–H and O–H groups in total. The standard InChI is InChI=1S/C14H18O/c1-10(2)14(15)13(12-8-9-12)11-6-4-3-5-7-11/h3-7,10,12-13H,8-9H2,1-2H3. The molecule has 1 saturated carbocycles. The highest BCUT2D eigenvalue weighted by molar-refractivity contribution is 5.88. The van der Waals surface area contributed by atoms with E-state index in [9.17, 15) is 4.79 Å². The van der Waals surface area contributed by atoms with E-state index in [0.29, 0.717) is 11.7 Å². The molecule has 1 atom stereocenters. The zero-order chi connectivity index (χ0) is 10.8. The predicted molar refractivity (Wildman–Crippen MR) is 61.8 cm³/mol. The van der Waals surface area contributed by atoms with Gasteiger partial charge >= 0.3 is 0 Å². The van der Waals surface area contributed by atoms with Gasteiger partial charge in [-0.2, -0.15) is 0 Å². The zero-order valence-corrected chi connectivity index (χ0v) is 9.44. The monoisotopic (exact) mass is 202 g/mol. The van der Waals surface area contributed by atoms with Crippen LogP contribution in [0.15, 0.2) is 30.3 Å². The van der Waals surface area contributed by atoms with E-state index in [1.165, 1.54) is 18.4 Å². The van der Waals surface area contributed by atoms with Crippen LogP contribution in [0.2, 0.25) is 0 Å². The normalized spacial score (nSPS) is 17.8. The van der Waals surface area contributed by atoms with Crippen LogP contribution >= 0.6 is 0 Å². The van der Waals surface area contributed by atoms with Gasteiger partial charge in [0.1, 0.15) is 5.78 Å². The van der Waals surface area contributed by atoms with Gasteiger partial charge < -0.3 is 0 Å². The van der Waals surface area contributed by atoms with Gasteiger partial charge in [0.2, 0.25) is 0 Å². The van der Waals surface area contributed by atoms with Gasteiger partial charge in [0.15, 0.2) is 0 Å². The summed E-state index contributed by atoms with van der Waals surface area (Å²) in [7, 11) is 0. The highest BCUT2D eigenvalue weighted by Gasteiger charge is 2.37. The molecule has 2 rings (SSSR count). The molecule has 1 fully saturated rings. The smallest absolute Gasteiger partial charge is 0.143 e. The summed E-state index contributed by atoms with van der Waals surface area (Å²) in [5.74, 6) is 1.33. The molecule has 0 heterocycles. The molecule has 0 saturated heterocycles. The Balaban J connectivity index is 2.24. The number of hydrogen-bond acceptors (Lipinski definition) is 1. The first kappa shape index (κ1) is 10.4. The highest BCUT2D eigenvalue weighted by atomic mass is 16.1. The molecular weight excluding hydrogens is 184 g/mol. The van der Waals surface area contributed by atoms with Crippen LogP contribution in [0.25, 0.3) is 0 Å². The molecule has 15 heavy (non-hydrogen) atoms. The van der Waals surface area contributed by atoms with E-state index < -0.39 is 0 Å². The molecule has 0 bridgehead atoms. The molecule has 0 aromatic heterocycles. The topological polar surface area (TPSA) is 17.1 Å². The van der Waals surface area contributed by atoms with Crippen molar-refractivity contribution in [2.45, 2.75) is 32.6 Å². The Labute approximate surface area is 91.5 Å². The second-order valence-corrected chi connectivity index (χ2v) is 4.78. The molecule has 0 radical (unpaired) electrons. The molecule has 1 aromatic carbocycles. The van der Waals surface area contributed by atoms with Crippen LogP contribution in [0.1, 0.15) is 38.2 Å². The molecule has 1 aromatic rings. The van der Waals surface area contributed by atoms with Gasteiger partial charge in [-0.05, 0) is 24.3 Å². The number of ketones is 1. The van der Waals surface area contributed by atoms with Gasteiger partial charge in [0.25, 0.3) is 0 Å². The van der Waals surface area contributed by atoms with Crippen molar-refractivity contribution >= 4 is 5.78 Å². The first-order valence-corrected chi connectivity index (χ1v) is 5.79. The molecule has 0 spiro atoms. The maximum Gasteiger partial charge on any atom is 0.143 e. The third-order valence-electron chi connectivity index (χ3n) is 3.13. The number of hydrogen-bond donors (Lipinski definition) is 0. The Morgan fingerprint density at radius 3 is 2.27 bits per heavy atom. The van der Waals surface area contributed by atoms with Crippen molar-refractivity contribution in [2.75, 3.05) is 0 Å². The number of Topliss-reactive ketones (excluding diaryl/α,β-unsaturated/α-hetero) is 1. The first-order chi connectivity index (χ1) is 7.20. The van der Waals surface area contributed by atoms with Crippen molar-refractivity contribution < 1.29 is 4.79 Å². The number of carbonyl (C=O) groups is 1. The minimum atomic E-state index is 0.149. The molecule has 1 nitrogen and oxygen atoms in total. The Morgan fingerprint density at radius 2 is 1.80 bits per heavy atom. The Bertz CT molecular complexity index is 336. The number of rotatable bonds is 4. The molecule has 1 unspecified atom stereocenters. The third-order valence-corrected chi connectivity index (χ3v) is 3.13. The lowest BCUT2D eigenvalue weighted by Crippen LogP contribution is -2.19. The molecule has 80 valence electrons. The predicted octanol–water partition coefficient (Wildman–Crippen LogP) is 3.41. The summed E-state index contributed by atoms with van der Waals surface area (Å²) in [5, 5.41) is 0. The van der Waals surface area contributed by atoms with Crippen molar-refractivity contribution in [3.8, 4) is 0 Å². The van der Waals surface area contributed by atoms with Crippen LogP contribution in [0.4, 0.5) is 0 Å². The molecule has 0 amide bonds. The van der Waals surface area contributed by atoms with E-state index in [1.807, 2.05) is 32.0 Å². The summed E-state index contributed by atoms with van der Waals surface area (Å²) in [6, 6.07) is 10.2. The zero-order valence-electron chi connectivity index (χ0n) is 9.44. The van der Waals surface area contributed by atoms with Crippen LogP contribution < -0.4 is 0 Å². The van der Waals surface area contributed by atoms with E-state index in [4.69, 9.17) is 0 Å². The maximum atomic E-state index is 12.1. The van der Waals surface area contributed by atoms with Crippen LogP contribution in [0.5, 0.6) is 0 Å². The Kier molecular flexibility index (Phi) is 2.90. The van der Waals surface area contributed by atoms with Gasteiger partial charge in [0.05, 0.1) is 0 Å². The molecule has 1 aliphatic rings. The van der Waals surface area contributed by atoms with Crippen molar-refractivity contribution in [1.82, 2.24) is 0 Å². The summed E-state index contributed by atoms with van der Waals surface area (Å²) in [4.78, 5) is 12.1. The fourth-order valence-corrected chi connectivity index (χ4v) is 2.12. The SMILES string of the molecule is CC(C)C(=O)C(c1ccccc1)C1CC1. The van der Waals surface area contributed by atoms with E-state index in [-0.39, 0.29) is 11.8 Å². The largest absolute Gasteiger partial charge is 0.299 e. The minimum absolute atomic E-state index is 0.149. The molecule has 0 aliphatic heterocycles. The van der Waals surface area contributed by atoms with Gasteiger partial charge in [-0.15, -0.1) is 0 Å².